The molecule has 4 aromatic heterocycles. The van der Waals surface area contributed by atoms with Crippen molar-refractivity contribution < 1.29 is 9.47 Å². The summed E-state index contributed by atoms with van der Waals surface area (Å²) in [6.45, 7) is 11.1. The monoisotopic (exact) mass is 561 g/mol. The molecule has 0 amide bonds. The first-order valence-electron chi connectivity index (χ1n) is 14.7. The van der Waals surface area contributed by atoms with Gasteiger partial charge in [0, 0.05) is 60.0 Å². The molecule has 1 N–H and O–H groups in total. The van der Waals surface area contributed by atoms with Crippen LogP contribution in [0.15, 0.2) is 18.6 Å². The molecule has 40 heavy (non-hydrogen) atoms. The average molecular weight is 562 g/mol. The van der Waals surface area contributed by atoms with Crippen LogP contribution >= 0.6 is 11.3 Å². The first kappa shape index (κ1) is 26.1. The summed E-state index contributed by atoms with van der Waals surface area (Å²) in [4.78, 5) is 13.6. The molecular weight excluding hydrogens is 522 g/mol. The molecular formula is C30H39N7O2S. The topological polar surface area (TPSA) is 93.5 Å². The molecule has 1 aliphatic carbocycles. The van der Waals surface area contributed by atoms with Crippen molar-refractivity contribution in [3.63, 3.8) is 0 Å². The second kappa shape index (κ2) is 10.2. The first-order valence-corrected chi connectivity index (χ1v) is 15.5. The zero-order chi connectivity index (χ0) is 27.4. The summed E-state index contributed by atoms with van der Waals surface area (Å²) in [6, 6.07) is 2.74. The number of hydrogen-bond acceptors (Lipinski definition) is 8. The molecule has 0 radical (unpaired) electrons. The number of nitrogens with one attached hydrogen (secondary N) is 1. The highest BCUT2D eigenvalue weighted by Gasteiger charge is 2.46. The Labute approximate surface area is 239 Å². The van der Waals surface area contributed by atoms with Crippen LogP contribution < -0.4 is 4.74 Å². The lowest BCUT2D eigenvalue weighted by Gasteiger charge is -2.56. The van der Waals surface area contributed by atoms with Crippen molar-refractivity contribution in [2.24, 2.45) is 5.41 Å². The quantitative estimate of drug-likeness (QED) is 0.317. The highest BCUT2D eigenvalue weighted by atomic mass is 32.1. The van der Waals surface area contributed by atoms with E-state index >= 15 is 0 Å². The van der Waals surface area contributed by atoms with E-state index < -0.39 is 0 Å². The number of hydrogen-bond donors (Lipinski definition) is 1. The second-order valence-corrected chi connectivity index (χ2v) is 13.4. The normalized spacial score (nSPS) is 23.2. The number of likely N-dealkylation sites (tertiary alicyclic amines) is 1. The van der Waals surface area contributed by atoms with Crippen molar-refractivity contribution in [2.75, 3.05) is 33.4 Å². The molecule has 0 unspecified atom stereocenters. The molecule has 10 heteroatoms. The number of rotatable bonds is 6. The van der Waals surface area contributed by atoms with Gasteiger partial charge >= 0.3 is 0 Å². The van der Waals surface area contributed by atoms with Crippen LogP contribution in [0.3, 0.4) is 0 Å². The SMILES string of the molecule is COc1cc(-c2n[nH]c(-c3nc(C)c(C4CCC(N5CC6(CCOCC6)C5)CC4)s3)c2C(C)C)cn2ncnc12. The summed E-state index contributed by atoms with van der Waals surface area (Å²) in [6.07, 6.45) is 11.1. The molecule has 9 nitrogen and oxygen atoms in total. The van der Waals surface area contributed by atoms with Gasteiger partial charge in [0.25, 0.3) is 0 Å². The Morgan fingerprint density at radius 2 is 1.93 bits per heavy atom. The summed E-state index contributed by atoms with van der Waals surface area (Å²) in [5, 5.41) is 13.5. The van der Waals surface area contributed by atoms with Crippen molar-refractivity contribution in [2.45, 2.75) is 77.2 Å². The summed E-state index contributed by atoms with van der Waals surface area (Å²) in [5.74, 6) is 1.54. The fourth-order valence-corrected chi connectivity index (χ4v) is 8.51. The number of aryl methyl sites for hydroxylation is 1. The van der Waals surface area contributed by atoms with Gasteiger partial charge in [0.05, 0.1) is 24.2 Å². The minimum Gasteiger partial charge on any atom is -0.493 e. The van der Waals surface area contributed by atoms with Crippen LogP contribution in [-0.4, -0.2) is 74.1 Å². The van der Waals surface area contributed by atoms with Gasteiger partial charge in [0.2, 0.25) is 0 Å². The molecule has 3 aliphatic rings. The Morgan fingerprint density at radius 3 is 2.65 bits per heavy atom. The van der Waals surface area contributed by atoms with Crippen molar-refractivity contribution in [3.05, 3.63) is 34.7 Å². The molecule has 212 valence electrons. The van der Waals surface area contributed by atoms with E-state index in [2.05, 4.69) is 40.9 Å². The Kier molecular flexibility index (Phi) is 6.67. The molecule has 0 atom stereocenters. The Morgan fingerprint density at radius 1 is 1.15 bits per heavy atom. The van der Waals surface area contributed by atoms with Crippen LogP contribution in [0, 0.1) is 12.3 Å². The molecule has 2 aliphatic heterocycles. The minimum atomic E-state index is 0.264. The Hall–Kier alpha value is -2.82. The predicted molar refractivity (Wildman–Crippen MR) is 156 cm³/mol. The third-order valence-electron chi connectivity index (χ3n) is 9.48. The highest BCUT2D eigenvalue weighted by molar-refractivity contribution is 7.15. The second-order valence-electron chi connectivity index (χ2n) is 12.3. The van der Waals surface area contributed by atoms with E-state index in [0.29, 0.717) is 22.7 Å². The van der Waals surface area contributed by atoms with Gasteiger partial charge in [0.1, 0.15) is 11.3 Å². The summed E-state index contributed by atoms with van der Waals surface area (Å²) < 4.78 is 13.0. The number of nitrogens with zero attached hydrogens (tertiary/aromatic N) is 6. The van der Waals surface area contributed by atoms with Crippen LogP contribution in [0.2, 0.25) is 0 Å². The van der Waals surface area contributed by atoms with E-state index in [9.17, 15) is 0 Å². The van der Waals surface area contributed by atoms with E-state index in [-0.39, 0.29) is 5.92 Å². The lowest BCUT2D eigenvalue weighted by Crippen LogP contribution is -2.61. The van der Waals surface area contributed by atoms with Crippen molar-refractivity contribution >= 4 is 17.0 Å². The number of aromatic nitrogens is 6. The van der Waals surface area contributed by atoms with Crippen LogP contribution in [0.5, 0.6) is 5.75 Å². The standard InChI is InChI=1S/C30H39N7O2S/c1-18(2)24-25(21-13-23(38-4)28-31-17-32-37(28)14-21)34-35-26(24)29-33-19(3)27(40-29)20-5-7-22(8-6-20)36-15-30(16-36)9-11-39-12-10-30/h13-14,17-18,20,22H,5-12,15-16H2,1-4H3,(H,34,35). The Bertz CT molecular complexity index is 1500. The Balaban J connectivity index is 1.10. The molecule has 2 saturated heterocycles. The van der Waals surface area contributed by atoms with E-state index in [1.54, 1.807) is 18.0 Å². The number of pyridine rings is 1. The largest absolute Gasteiger partial charge is 0.493 e. The van der Waals surface area contributed by atoms with Gasteiger partial charge in [-0.15, -0.1) is 11.3 Å². The fraction of sp³-hybridized carbons (Fsp3) is 0.600. The lowest BCUT2D eigenvalue weighted by atomic mass is 9.71. The maximum Gasteiger partial charge on any atom is 0.197 e. The van der Waals surface area contributed by atoms with E-state index in [1.165, 1.54) is 67.7 Å². The van der Waals surface area contributed by atoms with E-state index in [4.69, 9.17) is 19.6 Å². The number of H-pyrrole nitrogens is 1. The van der Waals surface area contributed by atoms with E-state index in [1.807, 2.05) is 23.6 Å². The van der Waals surface area contributed by atoms with Crippen LogP contribution in [-0.2, 0) is 4.74 Å². The summed E-state index contributed by atoms with van der Waals surface area (Å²) in [7, 11) is 1.66. The minimum absolute atomic E-state index is 0.264. The molecule has 3 fully saturated rings. The molecule has 0 bridgehead atoms. The van der Waals surface area contributed by atoms with Crippen LogP contribution in [0.4, 0.5) is 0 Å². The van der Waals surface area contributed by atoms with E-state index in [0.717, 1.165) is 41.2 Å². The molecule has 1 spiro atoms. The zero-order valence-electron chi connectivity index (χ0n) is 23.9. The van der Waals surface area contributed by atoms with Crippen LogP contribution in [0.1, 0.15) is 80.3 Å². The number of thiazole rings is 1. The molecule has 6 heterocycles. The van der Waals surface area contributed by atoms with Gasteiger partial charge in [0.15, 0.2) is 11.4 Å². The molecule has 7 rings (SSSR count). The third kappa shape index (κ3) is 4.44. The zero-order valence-corrected chi connectivity index (χ0v) is 24.8. The van der Waals surface area contributed by atoms with Gasteiger partial charge < -0.3 is 9.47 Å². The molecule has 0 aromatic carbocycles. The third-order valence-corrected chi connectivity index (χ3v) is 10.8. The van der Waals surface area contributed by atoms with Crippen molar-refractivity contribution in [1.82, 2.24) is 34.7 Å². The smallest absolute Gasteiger partial charge is 0.197 e. The highest BCUT2D eigenvalue weighted by Crippen LogP contribution is 2.47. The first-order chi connectivity index (χ1) is 19.4. The average Bonchev–Trinajstić information content (AvgIpc) is 3.69. The van der Waals surface area contributed by atoms with Gasteiger partial charge in [-0.2, -0.15) is 10.2 Å². The summed E-state index contributed by atoms with van der Waals surface area (Å²) in [5.41, 5.74) is 6.48. The van der Waals surface area contributed by atoms with Crippen molar-refractivity contribution in [3.8, 4) is 27.7 Å². The fourth-order valence-electron chi connectivity index (χ4n) is 7.26. The lowest BCUT2D eigenvalue weighted by molar-refractivity contribution is -0.102. The van der Waals surface area contributed by atoms with Gasteiger partial charge in [-0.05, 0) is 63.4 Å². The molecule has 1 saturated carbocycles. The van der Waals surface area contributed by atoms with Gasteiger partial charge in [-0.3, -0.25) is 10.00 Å². The number of ether oxygens (including phenoxy) is 2. The maximum atomic E-state index is 5.62. The molecule has 4 aromatic rings. The van der Waals surface area contributed by atoms with Gasteiger partial charge in [-0.25, -0.2) is 14.5 Å². The number of aromatic amines is 1. The maximum absolute atomic E-state index is 5.62. The van der Waals surface area contributed by atoms with Crippen LogP contribution in [0.25, 0.3) is 27.6 Å². The van der Waals surface area contributed by atoms with Crippen molar-refractivity contribution in [1.29, 1.82) is 0 Å². The predicted octanol–water partition coefficient (Wildman–Crippen LogP) is 5.82. The number of methoxy groups -OCH3 is 1. The van der Waals surface area contributed by atoms with Gasteiger partial charge in [-0.1, -0.05) is 13.8 Å². The number of fused-ring (bicyclic) bond motifs is 1. The summed E-state index contributed by atoms with van der Waals surface area (Å²) >= 11 is 1.86.